The Morgan fingerprint density at radius 3 is 2.53 bits per heavy atom. The van der Waals surface area contributed by atoms with Crippen molar-refractivity contribution in [3.63, 3.8) is 0 Å². The van der Waals surface area contributed by atoms with Crippen LogP contribution in [0.1, 0.15) is 19.4 Å². The molecule has 0 unspecified atom stereocenters. The summed E-state index contributed by atoms with van der Waals surface area (Å²) in [5.74, 6) is 0.247. The van der Waals surface area contributed by atoms with Gasteiger partial charge < -0.3 is 4.84 Å². The summed E-state index contributed by atoms with van der Waals surface area (Å²) in [6.07, 6.45) is 0.788. The summed E-state index contributed by atoms with van der Waals surface area (Å²) in [6.45, 7) is 3.94. The number of non-ortho nitro benzene ring substituents is 1. The molecule has 0 radical (unpaired) electrons. The molecule has 92 valence electrons. The number of benzene rings is 1. The maximum Gasteiger partial charge on any atom is 0.269 e. The van der Waals surface area contributed by atoms with E-state index in [-0.39, 0.29) is 11.6 Å². The van der Waals surface area contributed by atoms with Gasteiger partial charge >= 0.3 is 0 Å². The summed E-state index contributed by atoms with van der Waals surface area (Å²) in [7, 11) is 1.52. The van der Waals surface area contributed by atoms with Gasteiger partial charge in [0.25, 0.3) is 5.69 Å². The van der Waals surface area contributed by atoms with Crippen LogP contribution in [0.3, 0.4) is 0 Å². The van der Waals surface area contributed by atoms with E-state index >= 15 is 0 Å². The van der Waals surface area contributed by atoms with E-state index in [1.165, 1.54) is 19.2 Å². The van der Waals surface area contributed by atoms with Crippen molar-refractivity contribution >= 4 is 11.4 Å². The maximum absolute atomic E-state index is 10.5. The number of hydrogen-bond acceptors (Lipinski definition) is 4. The van der Waals surface area contributed by atoms with Crippen molar-refractivity contribution in [2.24, 2.45) is 11.1 Å². The smallest absolute Gasteiger partial charge is 0.269 e. The highest BCUT2D eigenvalue weighted by Gasteiger charge is 2.09. The van der Waals surface area contributed by atoms with Gasteiger partial charge in [-0.05, 0) is 18.9 Å². The Bertz CT molecular complexity index is 412. The Morgan fingerprint density at radius 2 is 2.06 bits per heavy atom. The molecule has 0 heterocycles. The second-order valence-corrected chi connectivity index (χ2v) is 3.94. The average Bonchev–Trinajstić information content (AvgIpc) is 2.30. The zero-order valence-electron chi connectivity index (χ0n) is 10.2. The van der Waals surface area contributed by atoms with Gasteiger partial charge in [0.1, 0.15) is 7.11 Å². The number of rotatable bonds is 5. The highest BCUT2D eigenvalue weighted by molar-refractivity contribution is 5.83. The summed E-state index contributed by atoms with van der Waals surface area (Å²) >= 11 is 0. The van der Waals surface area contributed by atoms with Gasteiger partial charge in [0.2, 0.25) is 0 Å². The molecule has 5 nitrogen and oxygen atoms in total. The molecule has 0 aromatic heterocycles. The Labute approximate surface area is 100 Å². The molecule has 1 atom stereocenters. The van der Waals surface area contributed by atoms with Crippen LogP contribution in [-0.4, -0.2) is 17.7 Å². The third-order valence-electron chi connectivity index (χ3n) is 2.64. The van der Waals surface area contributed by atoms with Gasteiger partial charge in [-0.3, -0.25) is 10.1 Å². The van der Waals surface area contributed by atoms with Crippen molar-refractivity contribution in [1.29, 1.82) is 0 Å². The molecule has 0 N–H and O–H groups in total. The van der Waals surface area contributed by atoms with Gasteiger partial charge in [0, 0.05) is 18.1 Å². The Morgan fingerprint density at radius 1 is 1.47 bits per heavy atom. The standard InChI is InChI=1S/C12H16N2O3/c1-9(10(2)13-17-3)8-11-4-6-12(7-5-11)14(15)16/h4-7,9H,8H2,1-3H3/b13-10+/t9-/m0/s1. The predicted molar refractivity (Wildman–Crippen MR) is 66.1 cm³/mol. The second kappa shape index (κ2) is 5.98. The van der Waals surface area contributed by atoms with E-state index in [2.05, 4.69) is 5.16 Å². The van der Waals surface area contributed by atoms with Gasteiger partial charge in [-0.25, -0.2) is 0 Å². The summed E-state index contributed by atoms with van der Waals surface area (Å²) in [4.78, 5) is 14.8. The van der Waals surface area contributed by atoms with E-state index in [4.69, 9.17) is 4.84 Å². The highest BCUT2D eigenvalue weighted by atomic mass is 16.6. The number of nitrogens with zero attached hydrogens (tertiary/aromatic N) is 2. The third-order valence-corrected chi connectivity index (χ3v) is 2.64. The van der Waals surface area contributed by atoms with Crippen LogP contribution in [-0.2, 0) is 11.3 Å². The van der Waals surface area contributed by atoms with E-state index in [9.17, 15) is 10.1 Å². The first-order valence-electron chi connectivity index (χ1n) is 5.35. The minimum atomic E-state index is -0.398. The van der Waals surface area contributed by atoms with E-state index < -0.39 is 4.92 Å². The molecule has 1 aromatic rings. The molecular weight excluding hydrogens is 220 g/mol. The topological polar surface area (TPSA) is 64.7 Å². The van der Waals surface area contributed by atoms with Crippen LogP contribution < -0.4 is 0 Å². The molecule has 0 spiro atoms. The van der Waals surface area contributed by atoms with Crippen molar-refractivity contribution in [3.05, 3.63) is 39.9 Å². The number of oxime groups is 1. The lowest BCUT2D eigenvalue weighted by Crippen LogP contribution is -2.10. The zero-order chi connectivity index (χ0) is 12.8. The second-order valence-electron chi connectivity index (χ2n) is 3.94. The van der Waals surface area contributed by atoms with Crippen molar-refractivity contribution in [3.8, 4) is 0 Å². The lowest BCUT2D eigenvalue weighted by atomic mass is 9.97. The van der Waals surface area contributed by atoms with Crippen LogP contribution in [0.15, 0.2) is 29.4 Å². The van der Waals surface area contributed by atoms with Crippen molar-refractivity contribution in [2.75, 3.05) is 7.11 Å². The van der Waals surface area contributed by atoms with Gasteiger partial charge in [0.15, 0.2) is 0 Å². The van der Waals surface area contributed by atoms with Gasteiger partial charge in [-0.2, -0.15) is 0 Å². The molecule has 5 heteroatoms. The third kappa shape index (κ3) is 3.86. The summed E-state index contributed by atoms with van der Waals surface area (Å²) in [5, 5.41) is 14.4. The Hall–Kier alpha value is -1.91. The summed E-state index contributed by atoms with van der Waals surface area (Å²) in [5.41, 5.74) is 2.07. The molecular formula is C12H16N2O3. The molecule has 0 aliphatic carbocycles. The van der Waals surface area contributed by atoms with E-state index in [1.807, 2.05) is 13.8 Å². The maximum atomic E-state index is 10.5. The zero-order valence-corrected chi connectivity index (χ0v) is 10.2. The van der Waals surface area contributed by atoms with Gasteiger partial charge in [-0.15, -0.1) is 0 Å². The van der Waals surface area contributed by atoms with E-state index in [0.717, 1.165) is 17.7 Å². The van der Waals surface area contributed by atoms with Gasteiger partial charge in [-0.1, -0.05) is 24.2 Å². The first kappa shape index (κ1) is 13.2. The molecule has 0 saturated heterocycles. The first-order valence-corrected chi connectivity index (χ1v) is 5.35. The van der Waals surface area contributed by atoms with E-state index in [0.29, 0.717) is 0 Å². The van der Waals surface area contributed by atoms with Crippen LogP contribution in [0, 0.1) is 16.0 Å². The largest absolute Gasteiger partial charge is 0.399 e. The summed E-state index contributed by atoms with van der Waals surface area (Å²) < 4.78 is 0. The van der Waals surface area contributed by atoms with E-state index in [1.54, 1.807) is 12.1 Å². The fourth-order valence-electron chi connectivity index (χ4n) is 1.49. The lowest BCUT2D eigenvalue weighted by molar-refractivity contribution is -0.384. The molecule has 0 fully saturated rings. The molecule has 0 bridgehead atoms. The number of nitro benzene ring substituents is 1. The number of nitro groups is 1. The minimum absolute atomic E-state index is 0.115. The van der Waals surface area contributed by atoms with Crippen LogP contribution in [0.5, 0.6) is 0 Å². The summed E-state index contributed by atoms with van der Waals surface area (Å²) in [6, 6.07) is 6.58. The molecule has 17 heavy (non-hydrogen) atoms. The van der Waals surface area contributed by atoms with Crippen LogP contribution in [0.25, 0.3) is 0 Å². The SMILES string of the molecule is CO/N=C(\C)[C@@H](C)Cc1ccc([N+](=O)[O-])cc1. The van der Waals surface area contributed by atoms with Crippen molar-refractivity contribution in [2.45, 2.75) is 20.3 Å². The van der Waals surface area contributed by atoms with Crippen LogP contribution >= 0.6 is 0 Å². The van der Waals surface area contributed by atoms with Crippen LogP contribution in [0.2, 0.25) is 0 Å². The lowest BCUT2D eigenvalue weighted by Gasteiger charge is -2.10. The monoisotopic (exact) mass is 236 g/mol. The first-order chi connectivity index (χ1) is 8.04. The highest BCUT2D eigenvalue weighted by Crippen LogP contribution is 2.15. The number of hydrogen-bond donors (Lipinski definition) is 0. The van der Waals surface area contributed by atoms with Gasteiger partial charge in [0.05, 0.1) is 10.6 Å². The van der Waals surface area contributed by atoms with Crippen molar-refractivity contribution < 1.29 is 9.76 Å². The Kier molecular flexibility index (Phi) is 4.63. The normalized spacial score (nSPS) is 13.2. The Balaban J connectivity index is 2.69. The predicted octanol–water partition coefficient (Wildman–Crippen LogP) is 2.80. The molecule has 0 aliphatic heterocycles. The molecule has 0 amide bonds. The quantitative estimate of drug-likeness (QED) is 0.448. The van der Waals surface area contributed by atoms with Crippen molar-refractivity contribution in [1.82, 2.24) is 0 Å². The molecule has 1 aromatic carbocycles. The fraction of sp³-hybridized carbons (Fsp3) is 0.417. The molecule has 1 rings (SSSR count). The van der Waals surface area contributed by atoms with Crippen LogP contribution in [0.4, 0.5) is 5.69 Å². The fourth-order valence-corrected chi connectivity index (χ4v) is 1.49. The average molecular weight is 236 g/mol. The minimum Gasteiger partial charge on any atom is -0.399 e. The molecule has 0 aliphatic rings. The molecule has 0 saturated carbocycles.